The van der Waals surface area contributed by atoms with E-state index in [4.69, 9.17) is 23.2 Å². The van der Waals surface area contributed by atoms with Crippen LogP contribution in [0.15, 0.2) is 102 Å². The number of carbonyl (C=O) groups excluding carboxylic acids is 2. The number of aliphatic hydroxyl groups is 2. The molecule has 4 N–H and O–H groups in total. The van der Waals surface area contributed by atoms with Crippen molar-refractivity contribution in [3.63, 3.8) is 0 Å². The summed E-state index contributed by atoms with van der Waals surface area (Å²) >= 11 is 11.9. The van der Waals surface area contributed by atoms with Crippen LogP contribution in [0.5, 0.6) is 0 Å². The maximum atomic E-state index is 12.5. The average Bonchev–Trinajstić information content (AvgIpc) is 3.14. The molecule has 54 heavy (non-hydrogen) atoms. The summed E-state index contributed by atoms with van der Waals surface area (Å²) < 4.78 is 23.1. The van der Waals surface area contributed by atoms with Crippen molar-refractivity contribution in [3.8, 4) is 23.7 Å². The first-order chi connectivity index (χ1) is 25.7. The van der Waals surface area contributed by atoms with Gasteiger partial charge in [0.2, 0.25) is 0 Å². The van der Waals surface area contributed by atoms with E-state index in [2.05, 4.69) is 39.3 Å². The van der Waals surface area contributed by atoms with Crippen molar-refractivity contribution < 1.29 is 28.2 Å². The minimum Gasteiger partial charge on any atom is -0.378 e. The molecule has 2 saturated carbocycles. The molecule has 2 fully saturated rings. The number of nitrogens with zero attached hydrogens (tertiary/aromatic N) is 1. The average molecular weight is 787 g/mol. The minimum atomic E-state index is -3.31. The van der Waals surface area contributed by atoms with Crippen LogP contribution in [0.2, 0.25) is 10.0 Å². The van der Waals surface area contributed by atoms with Crippen LogP contribution in [0.4, 0.5) is 0 Å². The molecule has 2 aliphatic rings. The highest BCUT2D eigenvalue weighted by Gasteiger charge is 2.35. The molecule has 0 bridgehead atoms. The number of halogens is 2. The lowest BCUT2D eigenvalue weighted by Crippen LogP contribution is -2.45. The van der Waals surface area contributed by atoms with Gasteiger partial charge in [-0.1, -0.05) is 65.1 Å². The second-order valence-electron chi connectivity index (χ2n) is 13.6. The minimum absolute atomic E-state index is 0.123. The van der Waals surface area contributed by atoms with Gasteiger partial charge in [-0.15, -0.1) is 0 Å². The standard InChI is InChI=1S/C22H22ClNO4S.C20H19ClN2O2/c1-29(27,28)20-9-7-17(8-10-20)21(25)24-19-6-3-12-22(26,15-19)13-11-16-4-2-5-18(23)14-16;21-16-6-3-5-15(13-16)9-11-20(25)10-4-7-17(14-20)23-19(24)18-8-1-2-12-22-18/h2,4-5,7-10,14,19,26H,3,6,12,15H2,1H3,(H,24,25);1-3,5-6,8,12-13,17,25H,4,7,10,14H2,(H,23,24)/t19-,22+;17-,20+/m00/s1. The van der Waals surface area contributed by atoms with Gasteiger partial charge in [-0.25, -0.2) is 8.42 Å². The maximum Gasteiger partial charge on any atom is 0.270 e. The molecule has 4 atom stereocenters. The number of hydrogen-bond acceptors (Lipinski definition) is 7. The summed E-state index contributed by atoms with van der Waals surface area (Å²) in [6.45, 7) is 0. The van der Waals surface area contributed by atoms with E-state index in [0.717, 1.165) is 43.1 Å². The molecule has 3 aromatic carbocycles. The summed E-state index contributed by atoms with van der Waals surface area (Å²) in [5, 5.41) is 28.7. The lowest BCUT2D eigenvalue weighted by molar-refractivity contribution is 0.0443. The highest BCUT2D eigenvalue weighted by molar-refractivity contribution is 7.90. The van der Waals surface area contributed by atoms with E-state index in [-0.39, 0.29) is 28.8 Å². The van der Waals surface area contributed by atoms with Gasteiger partial charge in [0.05, 0.1) is 4.90 Å². The Hall–Kier alpha value is -4.68. The Labute approximate surface area is 326 Å². The molecule has 0 saturated heterocycles. The number of amides is 2. The van der Waals surface area contributed by atoms with Gasteiger partial charge in [0, 0.05) is 64.1 Å². The summed E-state index contributed by atoms with van der Waals surface area (Å²) in [6, 6.07) is 25.0. The largest absolute Gasteiger partial charge is 0.378 e. The van der Waals surface area contributed by atoms with Crippen LogP contribution in [-0.2, 0) is 9.84 Å². The SMILES string of the molecule is CS(=O)(=O)c1ccc(C(=O)N[C@H]2CCC[C@@](O)(C#Cc3cccc(Cl)c3)C2)cc1.O=C(N[C@H]1CCC[C@@](O)(C#Cc2cccc(Cl)c2)C1)c1ccccn1. The molecule has 2 amide bonds. The van der Waals surface area contributed by atoms with E-state index in [0.29, 0.717) is 47.0 Å². The molecule has 0 unspecified atom stereocenters. The van der Waals surface area contributed by atoms with E-state index in [1.165, 1.54) is 24.3 Å². The summed E-state index contributed by atoms with van der Waals surface area (Å²) in [4.78, 5) is 29.0. The van der Waals surface area contributed by atoms with Crippen LogP contribution in [-0.4, -0.2) is 65.0 Å². The molecule has 0 aliphatic heterocycles. The van der Waals surface area contributed by atoms with Gasteiger partial charge < -0.3 is 20.8 Å². The molecule has 1 heterocycles. The summed E-state index contributed by atoms with van der Waals surface area (Å²) in [5.74, 6) is 11.3. The van der Waals surface area contributed by atoms with Crippen LogP contribution in [0.3, 0.4) is 0 Å². The first-order valence-electron chi connectivity index (χ1n) is 17.5. The van der Waals surface area contributed by atoms with Crippen molar-refractivity contribution in [2.24, 2.45) is 0 Å². The van der Waals surface area contributed by atoms with Crippen molar-refractivity contribution in [2.75, 3.05) is 6.26 Å². The molecule has 9 nitrogen and oxygen atoms in total. The third-order valence-electron chi connectivity index (χ3n) is 9.09. The van der Waals surface area contributed by atoms with Crippen LogP contribution in [0.25, 0.3) is 0 Å². The zero-order valence-corrected chi connectivity index (χ0v) is 32.0. The molecule has 6 rings (SSSR count). The monoisotopic (exact) mass is 785 g/mol. The molecular formula is C42H41Cl2N3O6S. The molecule has 280 valence electrons. The fourth-order valence-electron chi connectivity index (χ4n) is 6.37. The second kappa shape index (κ2) is 18.1. The van der Waals surface area contributed by atoms with Crippen molar-refractivity contribution in [3.05, 3.63) is 130 Å². The Morgan fingerprint density at radius 1 is 0.741 bits per heavy atom. The summed E-state index contributed by atoms with van der Waals surface area (Å²) in [7, 11) is -3.31. The molecular weight excluding hydrogens is 745 g/mol. The van der Waals surface area contributed by atoms with Gasteiger partial charge in [0.25, 0.3) is 11.8 Å². The maximum absolute atomic E-state index is 12.5. The van der Waals surface area contributed by atoms with E-state index >= 15 is 0 Å². The molecule has 0 radical (unpaired) electrons. The predicted octanol–water partition coefficient (Wildman–Crippen LogP) is 6.39. The lowest BCUT2D eigenvalue weighted by atomic mass is 9.82. The molecule has 12 heteroatoms. The fraction of sp³-hybridized carbons (Fsp3) is 0.310. The molecule has 4 aromatic rings. The quantitative estimate of drug-likeness (QED) is 0.172. The Bertz CT molecular complexity index is 2200. The van der Waals surface area contributed by atoms with E-state index in [9.17, 15) is 28.2 Å². The van der Waals surface area contributed by atoms with Gasteiger partial charge in [-0.3, -0.25) is 14.6 Å². The van der Waals surface area contributed by atoms with E-state index < -0.39 is 21.0 Å². The van der Waals surface area contributed by atoms with Crippen LogP contribution in [0.1, 0.15) is 83.3 Å². The smallest absolute Gasteiger partial charge is 0.270 e. The number of benzene rings is 3. The van der Waals surface area contributed by atoms with Crippen molar-refractivity contribution in [1.82, 2.24) is 15.6 Å². The molecule has 1 aromatic heterocycles. The Morgan fingerprint density at radius 3 is 1.72 bits per heavy atom. The highest BCUT2D eigenvalue weighted by atomic mass is 35.5. The van der Waals surface area contributed by atoms with Crippen molar-refractivity contribution in [2.45, 2.75) is 79.5 Å². The highest BCUT2D eigenvalue weighted by Crippen LogP contribution is 2.29. The summed E-state index contributed by atoms with van der Waals surface area (Å²) in [5.41, 5.74) is -0.0526. The number of sulfone groups is 1. The van der Waals surface area contributed by atoms with Gasteiger partial charge >= 0.3 is 0 Å². The summed E-state index contributed by atoms with van der Waals surface area (Å²) in [6.07, 6.45) is 7.66. The number of carbonyl (C=O) groups is 2. The normalized spacial score (nSPS) is 22.1. The first-order valence-corrected chi connectivity index (χ1v) is 20.2. The third kappa shape index (κ3) is 12.2. The third-order valence-corrected chi connectivity index (χ3v) is 10.7. The van der Waals surface area contributed by atoms with E-state index in [1.54, 1.807) is 54.7 Å². The molecule has 0 spiro atoms. The number of nitrogens with one attached hydrogen (secondary N) is 2. The van der Waals surface area contributed by atoms with Crippen molar-refractivity contribution >= 4 is 44.9 Å². The Kier molecular flexibility index (Phi) is 13.6. The van der Waals surface area contributed by atoms with Crippen molar-refractivity contribution in [1.29, 1.82) is 0 Å². The van der Waals surface area contributed by atoms with Crippen LogP contribution >= 0.6 is 23.2 Å². The fourth-order valence-corrected chi connectivity index (χ4v) is 7.38. The zero-order valence-electron chi connectivity index (χ0n) is 29.7. The molecule has 2 aliphatic carbocycles. The Balaban J connectivity index is 0.000000210. The number of rotatable bonds is 5. The lowest BCUT2D eigenvalue weighted by Gasteiger charge is -2.33. The first kappa shape index (κ1) is 40.5. The van der Waals surface area contributed by atoms with Gasteiger partial charge in [-0.05, 0) is 111 Å². The van der Waals surface area contributed by atoms with Gasteiger partial charge in [0.15, 0.2) is 9.84 Å². The second-order valence-corrected chi connectivity index (χ2v) is 16.5. The zero-order chi connectivity index (χ0) is 38.8. The number of pyridine rings is 1. The predicted molar refractivity (Wildman–Crippen MR) is 210 cm³/mol. The van der Waals surface area contributed by atoms with Crippen LogP contribution < -0.4 is 10.6 Å². The number of hydrogen-bond donors (Lipinski definition) is 4. The number of aromatic nitrogens is 1. The van der Waals surface area contributed by atoms with Gasteiger partial charge in [-0.2, -0.15) is 0 Å². The Morgan fingerprint density at radius 2 is 1.26 bits per heavy atom. The van der Waals surface area contributed by atoms with Crippen LogP contribution in [0, 0.1) is 23.7 Å². The van der Waals surface area contributed by atoms with E-state index in [1.807, 2.05) is 18.2 Å². The topological polar surface area (TPSA) is 146 Å². The van der Waals surface area contributed by atoms with Gasteiger partial charge in [0.1, 0.15) is 16.9 Å².